The second-order valence-corrected chi connectivity index (χ2v) is 8.90. The third kappa shape index (κ3) is 5.00. The molecule has 0 radical (unpaired) electrons. The normalized spacial score (nSPS) is 27.2. The lowest BCUT2D eigenvalue weighted by Crippen LogP contribution is -2.47. The van der Waals surface area contributed by atoms with Crippen LogP contribution in [-0.2, 0) is 6.42 Å². The standard InChI is InChI=1S/C24H36N2O/c27-18-20(16-19-10-4-1-5-11-19)25-23-17-24(23)26(21-12-6-2-7-13-21)22-14-8-3-9-15-22/h1,4-5,10-11,20-22,24,27H,2-3,6-9,12-18H2/b25-23+/t20-,24?/m0/s1. The first-order valence-electron chi connectivity index (χ1n) is 11.3. The lowest BCUT2D eigenvalue weighted by atomic mass is 9.88. The molecule has 0 saturated heterocycles. The van der Waals surface area contributed by atoms with Crippen LogP contribution in [0, 0.1) is 0 Å². The van der Waals surface area contributed by atoms with E-state index in [-0.39, 0.29) is 12.6 Å². The molecule has 0 spiro atoms. The first-order valence-corrected chi connectivity index (χ1v) is 11.3. The summed E-state index contributed by atoms with van der Waals surface area (Å²) in [5.74, 6) is 0. The van der Waals surface area contributed by atoms with Gasteiger partial charge in [-0.25, -0.2) is 0 Å². The van der Waals surface area contributed by atoms with Crippen LogP contribution in [0.3, 0.4) is 0 Å². The van der Waals surface area contributed by atoms with E-state index in [4.69, 9.17) is 4.99 Å². The van der Waals surface area contributed by atoms with E-state index in [2.05, 4.69) is 29.2 Å². The summed E-state index contributed by atoms with van der Waals surface area (Å²) in [5.41, 5.74) is 2.63. The molecule has 0 heterocycles. The summed E-state index contributed by atoms with van der Waals surface area (Å²) in [5, 5.41) is 9.87. The number of benzene rings is 1. The van der Waals surface area contributed by atoms with Crippen molar-refractivity contribution in [3.63, 3.8) is 0 Å². The molecule has 3 heteroatoms. The van der Waals surface area contributed by atoms with E-state index in [9.17, 15) is 5.11 Å². The highest BCUT2D eigenvalue weighted by Gasteiger charge is 2.44. The van der Waals surface area contributed by atoms with E-state index in [1.165, 1.54) is 75.5 Å². The molecule has 148 valence electrons. The molecule has 3 aliphatic carbocycles. The quantitative estimate of drug-likeness (QED) is 0.752. The summed E-state index contributed by atoms with van der Waals surface area (Å²) >= 11 is 0. The van der Waals surface area contributed by atoms with Gasteiger partial charge >= 0.3 is 0 Å². The van der Waals surface area contributed by atoms with E-state index in [0.29, 0.717) is 6.04 Å². The van der Waals surface area contributed by atoms with Crippen molar-refractivity contribution in [1.82, 2.24) is 4.90 Å². The molecule has 1 aromatic rings. The van der Waals surface area contributed by atoms with Crippen LogP contribution in [0.15, 0.2) is 35.3 Å². The lowest BCUT2D eigenvalue weighted by Gasteiger charge is -2.41. The van der Waals surface area contributed by atoms with Crippen LogP contribution in [0.1, 0.15) is 76.2 Å². The van der Waals surface area contributed by atoms with Crippen molar-refractivity contribution >= 4 is 5.71 Å². The van der Waals surface area contributed by atoms with E-state index >= 15 is 0 Å². The summed E-state index contributed by atoms with van der Waals surface area (Å²) < 4.78 is 0. The van der Waals surface area contributed by atoms with Crippen LogP contribution in [-0.4, -0.2) is 46.5 Å². The minimum atomic E-state index is 0.0203. The first-order chi connectivity index (χ1) is 13.3. The molecule has 27 heavy (non-hydrogen) atoms. The summed E-state index contributed by atoms with van der Waals surface area (Å²) in [6.45, 7) is 0.151. The van der Waals surface area contributed by atoms with Gasteiger partial charge in [0.05, 0.1) is 18.7 Å². The maximum Gasteiger partial charge on any atom is 0.0770 e. The van der Waals surface area contributed by atoms with Crippen molar-refractivity contribution in [3.8, 4) is 0 Å². The van der Waals surface area contributed by atoms with E-state index in [1.807, 2.05) is 6.07 Å². The van der Waals surface area contributed by atoms with Gasteiger partial charge in [0.2, 0.25) is 0 Å². The maximum absolute atomic E-state index is 9.87. The Hall–Kier alpha value is -1.19. The monoisotopic (exact) mass is 368 g/mol. The second-order valence-electron chi connectivity index (χ2n) is 8.90. The Morgan fingerprint density at radius 2 is 1.48 bits per heavy atom. The van der Waals surface area contributed by atoms with Gasteiger partial charge in [0.15, 0.2) is 0 Å². The van der Waals surface area contributed by atoms with Crippen molar-refractivity contribution in [1.29, 1.82) is 0 Å². The SMILES string of the molecule is OC[C@H](Cc1ccccc1)/N=C1\CC1N(C1CCCCC1)C1CCCCC1. The van der Waals surface area contributed by atoms with Gasteiger partial charge in [-0.15, -0.1) is 0 Å². The Balaban J connectivity index is 1.44. The molecular formula is C24H36N2O. The van der Waals surface area contributed by atoms with E-state index < -0.39 is 0 Å². The fraction of sp³-hybridized carbons (Fsp3) is 0.708. The minimum Gasteiger partial charge on any atom is -0.394 e. The molecule has 2 atom stereocenters. The summed E-state index contributed by atoms with van der Waals surface area (Å²) in [7, 11) is 0. The van der Waals surface area contributed by atoms with Gasteiger partial charge in [0.1, 0.15) is 0 Å². The predicted octanol–water partition coefficient (Wildman–Crippen LogP) is 4.77. The third-order valence-corrected chi connectivity index (χ3v) is 6.85. The molecule has 1 N–H and O–H groups in total. The van der Waals surface area contributed by atoms with Crippen molar-refractivity contribution < 1.29 is 5.11 Å². The Kier molecular flexibility index (Phi) is 6.62. The van der Waals surface area contributed by atoms with Crippen LogP contribution in [0.25, 0.3) is 0 Å². The van der Waals surface area contributed by atoms with Crippen LogP contribution in [0.2, 0.25) is 0 Å². The fourth-order valence-corrected chi connectivity index (χ4v) is 5.39. The number of hydrogen-bond donors (Lipinski definition) is 1. The van der Waals surface area contributed by atoms with Crippen molar-refractivity contribution in [2.75, 3.05) is 6.61 Å². The Bertz CT molecular complexity index is 584. The topological polar surface area (TPSA) is 35.8 Å². The average molecular weight is 369 g/mol. The Labute approximate surface area is 164 Å². The van der Waals surface area contributed by atoms with Crippen LogP contribution in [0.4, 0.5) is 0 Å². The minimum absolute atomic E-state index is 0.0203. The smallest absolute Gasteiger partial charge is 0.0770 e. The number of aliphatic imine (C=N–C) groups is 1. The van der Waals surface area contributed by atoms with Gasteiger partial charge in [0.25, 0.3) is 0 Å². The van der Waals surface area contributed by atoms with E-state index in [1.54, 1.807) is 0 Å². The molecule has 0 amide bonds. The highest BCUT2D eigenvalue weighted by molar-refractivity contribution is 6.05. The summed E-state index contributed by atoms with van der Waals surface area (Å²) in [4.78, 5) is 7.92. The van der Waals surface area contributed by atoms with Crippen LogP contribution in [0.5, 0.6) is 0 Å². The highest BCUT2D eigenvalue weighted by Crippen LogP contribution is 2.38. The molecule has 0 aliphatic heterocycles. The molecule has 3 fully saturated rings. The Morgan fingerprint density at radius 3 is 2.04 bits per heavy atom. The maximum atomic E-state index is 9.87. The third-order valence-electron chi connectivity index (χ3n) is 6.85. The van der Waals surface area contributed by atoms with Gasteiger partial charge in [-0.1, -0.05) is 68.9 Å². The van der Waals surface area contributed by atoms with E-state index in [0.717, 1.165) is 24.9 Å². The highest BCUT2D eigenvalue weighted by atomic mass is 16.3. The van der Waals surface area contributed by atoms with Gasteiger partial charge < -0.3 is 5.11 Å². The zero-order chi connectivity index (χ0) is 18.5. The fourth-order valence-electron chi connectivity index (χ4n) is 5.39. The van der Waals surface area contributed by atoms with Crippen LogP contribution >= 0.6 is 0 Å². The molecule has 0 bridgehead atoms. The molecule has 1 aromatic carbocycles. The predicted molar refractivity (Wildman–Crippen MR) is 112 cm³/mol. The number of aliphatic hydroxyl groups is 1. The molecule has 3 nitrogen and oxygen atoms in total. The van der Waals surface area contributed by atoms with Gasteiger partial charge in [-0.3, -0.25) is 9.89 Å². The summed E-state index contributed by atoms with van der Waals surface area (Å²) in [6.07, 6.45) is 16.0. The summed E-state index contributed by atoms with van der Waals surface area (Å²) in [6, 6.07) is 12.6. The Morgan fingerprint density at radius 1 is 0.889 bits per heavy atom. The average Bonchev–Trinajstić information content (AvgIpc) is 3.48. The van der Waals surface area contributed by atoms with Gasteiger partial charge in [0, 0.05) is 24.2 Å². The lowest BCUT2D eigenvalue weighted by molar-refractivity contribution is 0.0796. The molecule has 3 aliphatic rings. The van der Waals surface area contributed by atoms with Crippen molar-refractivity contribution in [3.05, 3.63) is 35.9 Å². The zero-order valence-electron chi connectivity index (χ0n) is 16.7. The number of nitrogens with zero attached hydrogens (tertiary/aromatic N) is 2. The van der Waals surface area contributed by atoms with Crippen molar-refractivity contribution in [2.45, 2.75) is 101 Å². The number of aliphatic hydroxyl groups excluding tert-OH is 1. The molecule has 4 rings (SSSR count). The molecule has 3 saturated carbocycles. The largest absolute Gasteiger partial charge is 0.394 e. The van der Waals surface area contributed by atoms with Crippen molar-refractivity contribution in [2.24, 2.45) is 4.99 Å². The zero-order valence-corrected chi connectivity index (χ0v) is 16.7. The number of hydrogen-bond acceptors (Lipinski definition) is 3. The van der Waals surface area contributed by atoms with Gasteiger partial charge in [-0.05, 0) is 37.7 Å². The second kappa shape index (κ2) is 9.34. The van der Waals surface area contributed by atoms with Gasteiger partial charge in [-0.2, -0.15) is 0 Å². The molecule has 1 unspecified atom stereocenters. The molecular weight excluding hydrogens is 332 g/mol. The first kappa shape index (κ1) is 19.1. The number of rotatable bonds is 7. The molecule has 0 aromatic heterocycles. The van der Waals surface area contributed by atoms with Crippen LogP contribution < -0.4 is 0 Å².